The van der Waals surface area contributed by atoms with Gasteiger partial charge in [-0.25, -0.2) is 4.98 Å². The fourth-order valence-corrected chi connectivity index (χ4v) is 2.93. The molecule has 0 unspecified atom stereocenters. The predicted molar refractivity (Wildman–Crippen MR) is 83.3 cm³/mol. The molecular formula is C15H17ClN2OS. The van der Waals surface area contributed by atoms with E-state index in [4.69, 9.17) is 11.6 Å². The third-order valence-electron chi connectivity index (χ3n) is 3.10. The van der Waals surface area contributed by atoms with Crippen molar-refractivity contribution in [3.63, 3.8) is 0 Å². The number of aryl methyl sites for hydroxylation is 2. The Labute approximate surface area is 128 Å². The van der Waals surface area contributed by atoms with Gasteiger partial charge in [-0.2, -0.15) is 0 Å². The second-order valence-corrected chi connectivity index (χ2v) is 5.90. The number of thiazole rings is 1. The standard InChI is InChI=1S/C15H17ClN2OS/c1-11-14(20-10-18-11)6-7-15(19)17-9-8-12-4-2-3-5-13(12)16/h2-5,10H,6-9H2,1H3,(H,17,19). The highest BCUT2D eigenvalue weighted by Crippen LogP contribution is 2.15. The summed E-state index contributed by atoms with van der Waals surface area (Å²) in [5.41, 5.74) is 3.91. The number of nitrogens with zero attached hydrogens (tertiary/aromatic N) is 1. The summed E-state index contributed by atoms with van der Waals surface area (Å²) in [5.74, 6) is 0.0739. The largest absolute Gasteiger partial charge is 0.356 e. The van der Waals surface area contributed by atoms with Gasteiger partial charge in [0.2, 0.25) is 5.91 Å². The van der Waals surface area contributed by atoms with Crippen LogP contribution in [0.15, 0.2) is 29.8 Å². The van der Waals surface area contributed by atoms with Gasteiger partial charge in [-0.05, 0) is 31.4 Å². The number of halogens is 1. The van der Waals surface area contributed by atoms with Gasteiger partial charge in [-0.3, -0.25) is 4.79 Å². The lowest BCUT2D eigenvalue weighted by Crippen LogP contribution is -2.25. The van der Waals surface area contributed by atoms with Gasteiger partial charge in [0, 0.05) is 22.9 Å². The number of aromatic nitrogens is 1. The van der Waals surface area contributed by atoms with Gasteiger partial charge in [0.25, 0.3) is 0 Å². The van der Waals surface area contributed by atoms with Crippen LogP contribution in [0.3, 0.4) is 0 Å². The maximum Gasteiger partial charge on any atom is 0.220 e. The van der Waals surface area contributed by atoms with E-state index in [0.717, 1.165) is 29.1 Å². The number of rotatable bonds is 6. The molecule has 0 aliphatic heterocycles. The van der Waals surface area contributed by atoms with Crippen molar-refractivity contribution in [2.24, 2.45) is 0 Å². The Bertz CT molecular complexity index is 583. The monoisotopic (exact) mass is 308 g/mol. The van der Waals surface area contributed by atoms with Crippen molar-refractivity contribution >= 4 is 28.8 Å². The van der Waals surface area contributed by atoms with Crippen molar-refractivity contribution in [1.82, 2.24) is 10.3 Å². The lowest BCUT2D eigenvalue weighted by Gasteiger charge is -2.06. The molecule has 5 heteroatoms. The molecule has 0 saturated heterocycles. The molecule has 1 aromatic carbocycles. The quantitative estimate of drug-likeness (QED) is 0.888. The van der Waals surface area contributed by atoms with Crippen LogP contribution in [0.1, 0.15) is 22.6 Å². The fourth-order valence-electron chi connectivity index (χ4n) is 1.92. The molecule has 1 amide bonds. The summed E-state index contributed by atoms with van der Waals surface area (Å²) in [6, 6.07) is 7.71. The van der Waals surface area contributed by atoms with E-state index in [-0.39, 0.29) is 5.91 Å². The van der Waals surface area contributed by atoms with Gasteiger partial charge < -0.3 is 5.32 Å². The lowest BCUT2D eigenvalue weighted by molar-refractivity contribution is -0.121. The topological polar surface area (TPSA) is 42.0 Å². The molecular weight excluding hydrogens is 292 g/mol. The molecule has 0 fully saturated rings. The second-order valence-electron chi connectivity index (χ2n) is 4.55. The molecule has 3 nitrogen and oxygen atoms in total. The second kappa shape index (κ2) is 7.41. The summed E-state index contributed by atoms with van der Waals surface area (Å²) in [7, 11) is 0. The van der Waals surface area contributed by atoms with Gasteiger partial charge in [0.15, 0.2) is 0 Å². The Morgan fingerprint density at radius 3 is 2.85 bits per heavy atom. The summed E-state index contributed by atoms with van der Waals surface area (Å²) in [5, 5.41) is 3.68. The van der Waals surface area contributed by atoms with E-state index in [2.05, 4.69) is 10.3 Å². The highest BCUT2D eigenvalue weighted by Gasteiger charge is 2.06. The number of benzene rings is 1. The van der Waals surface area contributed by atoms with E-state index in [1.165, 1.54) is 4.88 Å². The molecule has 0 spiro atoms. The molecule has 0 radical (unpaired) electrons. The molecule has 1 aromatic heterocycles. The van der Waals surface area contributed by atoms with E-state index >= 15 is 0 Å². The molecule has 1 heterocycles. The summed E-state index contributed by atoms with van der Waals surface area (Å²) in [6.07, 6.45) is 2.02. The van der Waals surface area contributed by atoms with E-state index in [0.29, 0.717) is 13.0 Å². The number of nitrogens with one attached hydrogen (secondary N) is 1. The van der Waals surface area contributed by atoms with Gasteiger partial charge >= 0.3 is 0 Å². The van der Waals surface area contributed by atoms with E-state index in [1.807, 2.05) is 36.7 Å². The number of hydrogen-bond donors (Lipinski definition) is 1. The number of amides is 1. The molecule has 0 aliphatic rings. The van der Waals surface area contributed by atoms with E-state index in [1.54, 1.807) is 11.3 Å². The first-order valence-corrected chi connectivity index (χ1v) is 7.81. The Morgan fingerprint density at radius 2 is 2.15 bits per heavy atom. The zero-order valence-corrected chi connectivity index (χ0v) is 12.9. The van der Waals surface area contributed by atoms with Crippen molar-refractivity contribution < 1.29 is 4.79 Å². The number of hydrogen-bond acceptors (Lipinski definition) is 3. The average Bonchev–Trinajstić information content (AvgIpc) is 2.84. The van der Waals surface area contributed by atoms with Crippen LogP contribution in [0.2, 0.25) is 5.02 Å². The lowest BCUT2D eigenvalue weighted by atomic mass is 10.1. The highest BCUT2D eigenvalue weighted by molar-refractivity contribution is 7.09. The Kier molecular flexibility index (Phi) is 5.56. The summed E-state index contributed by atoms with van der Waals surface area (Å²) in [4.78, 5) is 17.1. The smallest absolute Gasteiger partial charge is 0.220 e. The van der Waals surface area contributed by atoms with Crippen molar-refractivity contribution in [2.45, 2.75) is 26.2 Å². The van der Waals surface area contributed by atoms with Crippen LogP contribution in [0, 0.1) is 6.92 Å². The van der Waals surface area contributed by atoms with Crippen LogP contribution in [0.4, 0.5) is 0 Å². The van der Waals surface area contributed by atoms with Gasteiger partial charge in [-0.15, -0.1) is 11.3 Å². The third-order valence-corrected chi connectivity index (χ3v) is 4.46. The summed E-state index contributed by atoms with van der Waals surface area (Å²) in [6.45, 7) is 2.59. The zero-order valence-electron chi connectivity index (χ0n) is 11.4. The highest BCUT2D eigenvalue weighted by atomic mass is 35.5. The van der Waals surface area contributed by atoms with Crippen molar-refractivity contribution in [3.05, 3.63) is 50.9 Å². The molecule has 2 aromatic rings. The Hall–Kier alpha value is -1.39. The number of carbonyl (C=O) groups excluding carboxylic acids is 1. The summed E-state index contributed by atoms with van der Waals surface area (Å²) < 4.78 is 0. The van der Waals surface area contributed by atoms with Crippen LogP contribution in [0.25, 0.3) is 0 Å². The minimum absolute atomic E-state index is 0.0739. The minimum Gasteiger partial charge on any atom is -0.356 e. The van der Waals surface area contributed by atoms with Crippen LogP contribution in [-0.4, -0.2) is 17.4 Å². The molecule has 1 N–H and O–H groups in total. The third kappa shape index (κ3) is 4.32. The molecule has 0 bridgehead atoms. The first-order valence-electron chi connectivity index (χ1n) is 6.56. The van der Waals surface area contributed by atoms with Gasteiger partial charge in [0.1, 0.15) is 0 Å². The first kappa shape index (κ1) is 15.0. The maximum absolute atomic E-state index is 11.8. The van der Waals surface area contributed by atoms with Gasteiger partial charge in [-0.1, -0.05) is 29.8 Å². The molecule has 0 atom stereocenters. The van der Waals surface area contributed by atoms with Crippen molar-refractivity contribution in [3.8, 4) is 0 Å². The van der Waals surface area contributed by atoms with Crippen LogP contribution in [0.5, 0.6) is 0 Å². The summed E-state index contributed by atoms with van der Waals surface area (Å²) >= 11 is 7.67. The maximum atomic E-state index is 11.8. The zero-order chi connectivity index (χ0) is 14.4. The van der Waals surface area contributed by atoms with Gasteiger partial charge in [0.05, 0.1) is 11.2 Å². The number of carbonyl (C=O) groups is 1. The first-order chi connectivity index (χ1) is 9.66. The average molecular weight is 309 g/mol. The Morgan fingerprint density at radius 1 is 1.35 bits per heavy atom. The fraction of sp³-hybridized carbons (Fsp3) is 0.333. The van der Waals surface area contributed by atoms with Crippen molar-refractivity contribution in [2.75, 3.05) is 6.54 Å². The van der Waals surface area contributed by atoms with Crippen LogP contribution < -0.4 is 5.32 Å². The van der Waals surface area contributed by atoms with Crippen LogP contribution >= 0.6 is 22.9 Å². The molecule has 2 rings (SSSR count). The SMILES string of the molecule is Cc1ncsc1CCC(=O)NCCc1ccccc1Cl. The van der Waals surface area contributed by atoms with E-state index in [9.17, 15) is 4.79 Å². The van der Waals surface area contributed by atoms with E-state index < -0.39 is 0 Å². The molecule has 0 saturated carbocycles. The van der Waals surface area contributed by atoms with Crippen LogP contribution in [-0.2, 0) is 17.6 Å². The predicted octanol–water partition coefficient (Wildman–Crippen LogP) is 3.40. The van der Waals surface area contributed by atoms with Crippen molar-refractivity contribution in [1.29, 1.82) is 0 Å². The molecule has 0 aliphatic carbocycles. The molecule has 106 valence electrons. The Balaban J connectivity index is 1.71. The normalized spacial score (nSPS) is 10.5. The minimum atomic E-state index is 0.0739. The molecule has 20 heavy (non-hydrogen) atoms.